The monoisotopic (exact) mass is 247 g/mol. The fourth-order valence-electron chi connectivity index (χ4n) is 3.30. The maximum Gasteiger partial charge on any atom is 0.196 e. The van der Waals surface area contributed by atoms with Crippen molar-refractivity contribution in [1.29, 1.82) is 0 Å². The van der Waals surface area contributed by atoms with E-state index in [-0.39, 0.29) is 0 Å². The molecule has 88 valence electrons. The van der Waals surface area contributed by atoms with E-state index in [4.69, 9.17) is 0 Å². The summed E-state index contributed by atoms with van der Waals surface area (Å²) in [5.41, 5.74) is 0.716. The molecule has 2 aromatic heterocycles. The lowest BCUT2D eigenvalue weighted by Gasteiger charge is -2.27. The van der Waals surface area contributed by atoms with Crippen LogP contribution in [0.5, 0.6) is 0 Å². The Morgan fingerprint density at radius 1 is 1.47 bits per heavy atom. The first kappa shape index (κ1) is 9.65. The highest BCUT2D eigenvalue weighted by molar-refractivity contribution is 7.15. The van der Waals surface area contributed by atoms with Crippen LogP contribution < -0.4 is 4.90 Å². The number of anilines is 1. The second-order valence-electron chi connectivity index (χ2n) is 4.98. The first-order valence-electron chi connectivity index (χ1n) is 6.04. The van der Waals surface area contributed by atoms with Crippen LogP contribution in [0.3, 0.4) is 0 Å². The third-order valence-electron chi connectivity index (χ3n) is 4.07. The van der Waals surface area contributed by atoms with E-state index in [1.165, 1.54) is 19.3 Å². The van der Waals surface area contributed by atoms with Crippen LogP contribution >= 0.6 is 11.3 Å². The molecule has 2 fully saturated rings. The van der Waals surface area contributed by atoms with Crippen molar-refractivity contribution in [3.63, 3.8) is 0 Å². The molecule has 2 atom stereocenters. The first-order valence-corrected chi connectivity index (χ1v) is 6.92. The predicted molar refractivity (Wildman–Crippen MR) is 66.9 cm³/mol. The zero-order valence-electron chi connectivity index (χ0n) is 9.37. The van der Waals surface area contributed by atoms with E-state index in [0.717, 1.165) is 29.5 Å². The van der Waals surface area contributed by atoms with Crippen molar-refractivity contribution in [3.8, 4) is 0 Å². The summed E-state index contributed by atoms with van der Waals surface area (Å²) in [5.74, 6) is 1.72. The zero-order valence-corrected chi connectivity index (χ0v) is 10.2. The minimum absolute atomic E-state index is 0.614. The maximum atomic E-state index is 11.3. The Morgan fingerprint density at radius 2 is 2.41 bits per heavy atom. The first-order chi connectivity index (χ1) is 8.36. The molecule has 0 aromatic carbocycles. The smallest absolute Gasteiger partial charge is 0.196 e. The van der Waals surface area contributed by atoms with E-state index in [0.29, 0.717) is 11.7 Å². The SMILES string of the molecule is O=Cc1c(N2CC3CCC2C3)nc2sccn12. The van der Waals surface area contributed by atoms with Crippen LogP contribution in [-0.4, -0.2) is 28.3 Å². The van der Waals surface area contributed by atoms with Gasteiger partial charge in [0, 0.05) is 24.2 Å². The topological polar surface area (TPSA) is 37.6 Å². The second kappa shape index (κ2) is 3.32. The third kappa shape index (κ3) is 1.23. The van der Waals surface area contributed by atoms with Crippen LogP contribution in [0.4, 0.5) is 5.82 Å². The maximum absolute atomic E-state index is 11.3. The van der Waals surface area contributed by atoms with Crippen molar-refractivity contribution in [2.45, 2.75) is 25.3 Å². The molecule has 2 aliphatic rings. The second-order valence-corrected chi connectivity index (χ2v) is 5.85. The van der Waals surface area contributed by atoms with Crippen LogP contribution in [-0.2, 0) is 0 Å². The van der Waals surface area contributed by atoms with Crippen molar-refractivity contribution < 1.29 is 4.79 Å². The van der Waals surface area contributed by atoms with Crippen molar-refractivity contribution in [3.05, 3.63) is 17.3 Å². The van der Waals surface area contributed by atoms with Crippen molar-refractivity contribution in [2.24, 2.45) is 5.92 Å². The van der Waals surface area contributed by atoms with Gasteiger partial charge in [0.15, 0.2) is 17.1 Å². The molecule has 1 aliphatic heterocycles. The molecule has 17 heavy (non-hydrogen) atoms. The lowest BCUT2D eigenvalue weighted by molar-refractivity contribution is 0.111. The molecule has 2 bridgehead atoms. The van der Waals surface area contributed by atoms with E-state index in [2.05, 4.69) is 9.88 Å². The Morgan fingerprint density at radius 3 is 3.12 bits per heavy atom. The van der Waals surface area contributed by atoms with Crippen LogP contribution in [0.15, 0.2) is 11.6 Å². The molecule has 0 spiro atoms. The number of aldehydes is 1. The number of imidazole rings is 1. The summed E-state index contributed by atoms with van der Waals surface area (Å²) in [4.78, 5) is 19.2. The average Bonchev–Trinajstić information content (AvgIpc) is 3.07. The molecule has 0 N–H and O–H groups in total. The number of carbonyl (C=O) groups excluding carboxylic acids is 1. The van der Waals surface area contributed by atoms with Gasteiger partial charge in [-0.15, -0.1) is 11.3 Å². The van der Waals surface area contributed by atoms with Crippen molar-refractivity contribution >= 4 is 28.4 Å². The van der Waals surface area contributed by atoms with Crippen molar-refractivity contribution in [1.82, 2.24) is 9.38 Å². The summed E-state index contributed by atoms with van der Waals surface area (Å²) in [6, 6.07) is 0.614. The molecule has 1 aliphatic carbocycles. The molecule has 4 rings (SSSR count). The van der Waals surface area contributed by atoms with Gasteiger partial charge in [-0.3, -0.25) is 9.20 Å². The summed E-state index contributed by atoms with van der Waals surface area (Å²) in [5, 5.41) is 1.97. The Kier molecular flexibility index (Phi) is 1.88. The molecule has 0 amide bonds. The van der Waals surface area contributed by atoms with Crippen LogP contribution in [0.2, 0.25) is 0 Å². The average molecular weight is 247 g/mol. The molecule has 4 nitrogen and oxygen atoms in total. The molecule has 3 heterocycles. The summed E-state index contributed by atoms with van der Waals surface area (Å²) < 4.78 is 1.90. The zero-order chi connectivity index (χ0) is 11.4. The molecule has 1 saturated carbocycles. The van der Waals surface area contributed by atoms with E-state index in [9.17, 15) is 4.79 Å². The van der Waals surface area contributed by atoms with Crippen molar-refractivity contribution in [2.75, 3.05) is 11.4 Å². The minimum Gasteiger partial charge on any atom is -0.351 e. The highest BCUT2D eigenvalue weighted by atomic mass is 32.1. The Bertz CT molecular complexity index is 588. The van der Waals surface area contributed by atoms with Gasteiger partial charge in [-0.25, -0.2) is 4.98 Å². The number of thiazole rings is 1. The number of fused-ring (bicyclic) bond motifs is 3. The van der Waals surface area contributed by atoms with Crippen LogP contribution in [0.25, 0.3) is 4.96 Å². The van der Waals surface area contributed by atoms with Gasteiger partial charge in [0.1, 0.15) is 5.69 Å². The minimum atomic E-state index is 0.614. The quantitative estimate of drug-likeness (QED) is 0.763. The van der Waals surface area contributed by atoms with Gasteiger partial charge in [0.25, 0.3) is 0 Å². The van der Waals surface area contributed by atoms with Gasteiger partial charge in [-0.1, -0.05) is 0 Å². The van der Waals surface area contributed by atoms with Gasteiger partial charge in [-0.2, -0.15) is 0 Å². The Balaban J connectivity index is 1.84. The highest BCUT2D eigenvalue weighted by Crippen LogP contribution is 2.41. The number of rotatable bonds is 2. The van der Waals surface area contributed by atoms with Gasteiger partial charge in [-0.05, 0) is 25.2 Å². The summed E-state index contributed by atoms with van der Waals surface area (Å²) >= 11 is 1.58. The van der Waals surface area contributed by atoms with Gasteiger partial charge in [0.05, 0.1) is 0 Å². The lowest BCUT2D eigenvalue weighted by atomic mass is 10.1. The molecule has 0 radical (unpaired) electrons. The summed E-state index contributed by atoms with van der Waals surface area (Å²) in [6.07, 6.45) is 6.75. The van der Waals surface area contributed by atoms with Gasteiger partial charge < -0.3 is 4.90 Å². The predicted octanol–water partition coefficient (Wildman–Crippen LogP) is 2.20. The number of piperidine rings is 1. The summed E-state index contributed by atoms with van der Waals surface area (Å²) in [6.45, 7) is 1.08. The Hall–Kier alpha value is -1.36. The van der Waals surface area contributed by atoms with Crippen LogP contribution in [0, 0.1) is 5.92 Å². The molecule has 2 aromatic rings. The van der Waals surface area contributed by atoms with Gasteiger partial charge in [0.2, 0.25) is 0 Å². The van der Waals surface area contributed by atoms with Crippen LogP contribution in [0.1, 0.15) is 29.8 Å². The number of carbonyl (C=O) groups is 1. The third-order valence-corrected chi connectivity index (χ3v) is 4.83. The Labute approximate surface area is 103 Å². The highest BCUT2D eigenvalue weighted by Gasteiger charge is 2.39. The molecular weight excluding hydrogens is 234 g/mol. The van der Waals surface area contributed by atoms with Gasteiger partial charge >= 0.3 is 0 Å². The lowest BCUT2D eigenvalue weighted by Crippen LogP contribution is -2.32. The molecule has 1 saturated heterocycles. The number of hydrogen-bond acceptors (Lipinski definition) is 4. The molecule has 2 unspecified atom stereocenters. The molecule has 5 heteroatoms. The van der Waals surface area contributed by atoms with E-state index >= 15 is 0 Å². The summed E-state index contributed by atoms with van der Waals surface area (Å²) in [7, 11) is 0. The largest absolute Gasteiger partial charge is 0.351 e. The van der Waals surface area contributed by atoms with E-state index in [1.54, 1.807) is 11.3 Å². The number of nitrogens with zero attached hydrogens (tertiary/aromatic N) is 3. The fraction of sp³-hybridized carbons (Fsp3) is 0.500. The number of hydrogen-bond donors (Lipinski definition) is 0. The normalized spacial score (nSPS) is 27.2. The fourth-order valence-corrected chi connectivity index (χ4v) is 4.01. The standard InChI is InChI=1S/C12H13N3OS/c16-7-10-11(13-12-14(10)3-4-17-12)15-6-8-1-2-9(15)5-8/h3-4,7-9H,1-2,5-6H2. The number of aromatic nitrogens is 2. The van der Waals surface area contributed by atoms with E-state index < -0.39 is 0 Å². The molecular formula is C12H13N3OS. The van der Waals surface area contributed by atoms with E-state index in [1.807, 2.05) is 16.0 Å².